The van der Waals surface area contributed by atoms with E-state index >= 15 is 0 Å². The number of anilines is 1. The summed E-state index contributed by atoms with van der Waals surface area (Å²) in [7, 11) is 1.73. The molecule has 0 radical (unpaired) electrons. The Balaban J connectivity index is 1.61. The second-order valence-corrected chi connectivity index (χ2v) is 6.45. The van der Waals surface area contributed by atoms with E-state index in [1.54, 1.807) is 11.9 Å². The molecule has 0 aromatic heterocycles. The summed E-state index contributed by atoms with van der Waals surface area (Å²) >= 11 is 1.37. The fourth-order valence-electron chi connectivity index (χ4n) is 2.06. The van der Waals surface area contributed by atoms with Crippen LogP contribution >= 0.6 is 11.8 Å². The Morgan fingerprint density at radius 1 is 1.38 bits per heavy atom. The monoisotopic (exact) mass is 303 g/mol. The van der Waals surface area contributed by atoms with Crippen LogP contribution in [0.5, 0.6) is 0 Å². The molecule has 1 saturated carbocycles. The van der Waals surface area contributed by atoms with E-state index < -0.39 is 0 Å². The second-order valence-electron chi connectivity index (χ2n) is 5.25. The fourth-order valence-corrected chi connectivity index (χ4v) is 3.09. The SMILES string of the molecule is CN(C(=O)CC1SC(=NC2CC2)NC1=O)c1ccccc1. The number of benzene rings is 1. The molecule has 6 heteroatoms. The van der Waals surface area contributed by atoms with Gasteiger partial charge < -0.3 is 10.2 Å². The van der Waals surface area contributed by atoms with Crippen LogP contribution in [0.15, 0.2) is 35.3 Å². The number of thioether (sulfide) groups is 1. The largest absolute Gasteiger partial charge is 0.315 e. The van der Waals surface area contributed by atoms with Gasteiger partial charge in [0, 0.05) is 19.2 Å². The highest BCUT2D eigenvalue weighted by molar-refractivity contribution is 8.15. The molecular weight excluding hydrogens is 286 g/mol. The van der Waals surface area contributed by atoms with Crippen molar-refractivity contribution >= 4 is 34.4 Å². The molecular formula is C15H17N3O2S. The Kier molecular flexibility index (Phi) is 3.96. The number of hydrogen-bond donors (Lipinski definition) is 1. The van der Waals surface area contributed by atoms with Gasteiger partial charge in [0.25, 0.3) is 0 Å². The van der Waals surface area contributed by atoms with Crippen LogP contribution in [-0.4, -0.2) is 35.3 Å². The van der Waals surface area contributed by atoms with E-state index in [9.17, 15) is 9.59 Å². The molecule has 1 aromatic carbocycles. The number of carbonyl (C=O) groups is 2. The molecule has 2 fully saturated rings. The number of nitrogens with one attached hydrogen (secondary N) is 1. The van der Waals surface area contributed by atoms with Crippen LogP contribution in [0.4, 0.5) is 5.69 Å². The number of carbonyl (C=O) groups excluding carboxylic acids is 2. The highest BCUT2D eigenvalue weighted by Gasteiger charge is 2.34. The van der Waals surface area contributed by atoms with Gasteiger partial charge in [-0.1, -0.05) is 30.0 Å². The molecule has 1 N–H and O–H groups in total. The topological polar surface area (TPSA) is 61.8 Å². The van der Waals surface area contributed by atoms with Gasteiger partial charge in [0.2, 0.25) is 11.8 Å². The van der Waals surface area contributed by atoms with Crippen LogP contribution in [0.25, 0.3) is 0 Å². The van der Waals surface area contributed by atoms with E-state index in [-0.39, 0.29) is 23.5 Å². The first-order valence-electron chi connectivity index (χ1n) is 7.00. The van der Waals surface area contributed by atoms with E-state index in [0.717, 1.165) is 18.5 Å². The molecule has 3 rings (SSSR count). The number of amides is 2. The van der Waals surface area contributed by atoms with E-state index in [0.29, 0.717) is 11.2 Å². The maximum atomic E-state index is 12.3. The predicted molar refractivity (Wildman–Crippen MR) is 84.4 cm³/mol. The average Bonchev–Trinajstić information content (AvgIpc) is 3.23. The van der Waals surface area contributed by atoms with Crippen LogP contribution < -0.4 is 10.2 Å². The lowest BCUT2D eigenvalue weighted by Crippen LogP contribution is -2.32. The van der Waals surface area contributed by atoms with E-state index in [1.165, 1.54) is 11.8 Å². The number of nitrogens with zero attached hydrogens (tertiary/aromatic N) is 2. The normalized spacial score (nSPS) is 23.2. The van der Waals surface area contributed by atoms with Gasteiger partial charge >= 0.3 is 0 Å². The number of amidine groups is 1. The van der Waals surface area contributed by atoms with Crippen LogP contribution in [0.2, 0.25) is 0 Å². The predicted octanol–water partition coefficient (Wildman–Crippen LogP) is 1.79. The fraction of sp³-hybridized carbons (Fsp3) is 0.400. The molecule has 1 heterocycles. The lowest BCUT2D eigenvalue weighted by molar-refractivity contribution is -0.123. The number of aliphatic imine (C=N–C) groups is 1. The number of rotatable bonds is 4. The van der Waals surface area contributed by atoms with E-state index in [1.807, 2.05) is 30.3 Å². The van der Waals surface area contributed by atoms with Crippen molar-refractivity contribution < 1.29 is 9.59 Å². The Labute approximate surface area is 127 Å². The van der Waals surface area contributed by atoms with Gasteiger partial charge in [-0.25, -0.2) is 0 Å². The first-order valence-corrected chi connectivity index (χ1v) is 7.88. The molecule has 1 aromatic rings. The minimum atomic E-state index is -0.374. The summed E-state index contributed by atoms with van der Waals surface area (Å²) in [5.74, 6) is -0.185. The van der Waals surface area contributed by atoms with Crippen molar-refractivity contribution in [3.05, 3.63) is 30.3 Å². The zero-order valence-corrected chi connectivity index (χ0v) is 12.6. The van der Waals surface area contributed by atoms with Gasteiger partial charge in [0.05, 0.1) is 6.04 Å². The lowest BCUT2D eigenvalue weighted by Gasteiger charge is -2.18. The van der Waals surface area contributed by atoms with Crippen molar-refractivity contribution in [2.45, 2.75) is 30.6 Å². The molecule has 1 unspecified atom stereocenters. The Bertz CT molecular complexity index is 584. The second kappa shape index (κ2) is 5.89. The van der Waals surface area contributed by atoms with Gasteiger partial charge in [-0.2, -0.15) is 0 Å². The summed E-state index contributed by atoms with van der Waals surface area (Å²) in [5.41, 5.74) is 0.831. The zero-order chi connectivity index (χ0) is 14.8. The number of para-hydroxylation sites is 1. The van der Waals surface area contributed by atoms with Crippen molar-refractivity contribution in [2.75, 3.05) is 11.9 Å². The van der Waals surface area contributed by atoms with Gasteiger partial charge in [0.15, 0.2) is 5.17 Å². The third-order valence-corrected chi connectivity index (χ3v) is 4.60. The van der Waals surface area contributed by atoms with Crippen molar-refractivity contribution in [3.8, 4) is 0 Å². The molecule has 2 aliphatic rings. The van der Waals surface area contributed by atoms with Crippen molar-refractivity contribution in [2.24, 2.45) is 4.99 Å². The minimum Gasteiger partial charge on any atom is -0.315 e. The molecule has 1 aliphatic heterocycles. The Morgan fingerprint density at radius 3 is 2.76 bits per heavy atom. The molecule has 21 heavy (non-hydrogen) atoms. The van der Waals surface area contributed by atoms with Gasteiger partial charge in [-0.05, 0) is 25.0 Å². The molecule has 1 atom stereocenters. The lowest BCUT2D eigenvalue weighted by atomic mass is 10.2. The maximum Gasteiger partial charge on any atom is 0.240 e. The standard InChI is InChI=1S/C15H17N3O2S/c1-18(11-5-3-2-4-6-11)13(19)9-12-14(20)17-15(21-12)16-10-7-8-10/h2-6,10,12H,7-9H2,1H3,(H,16,17,20). The summed E-state index contributed by atoms with van der Waals surface area (Å²) in [5, 5.41) is 3.06. The highest BCUT2D eigenvalue weighted by Crippen LogP contribution is 2.29. The van der Waals surface area contributed by atoms with E-state index in [4.69, 9.17) is 0 Å². The summed E-state index contributed by atoms with van der Waals surface area (Å²) in [6, 6.07) is 9.80. The Hall–Kier alpha value is -1.82. The third-order valence-electron chi connectivity index (χ3n) is 3.50. The van der Waals surface area contributed by atoms with Crippen molar-refractivity contribution in [1.29, 1.82) is 0 Å². The summed E-state index contributed by atoms with van der Waals surface area (Å²) in [6.45, 7) is 0. The maximum absolute atomic E-state index is 12.3. The van der Waals surface area contributed by atoms with Crippen LogP contribution in [-0.2, 0) is 9.59 Å². The third kappa shape index (κ3) is 3.44. The van der Waals surface area contributed by atoms with Crippen LogP contribution in [0, 0.1) is 0 Å². The quantitative estimate of drug-likeness (QED) is 0.922. The summed E-state index contributed by atoms with van der Waals surface area (Å²) in [4.78, 5) is 30.2. The number of hydrogen-bond acceptors (Lipinski definition) is 4. The summed E-state index contributed by atoms with van der Waals surface area (Å²) in [6.07, 6.45) is 2.38. The highest BCUT2D eigenvalue weighted by atomic mass is 32.2. The van der Waals surface area contributed by atoms with E-state index in [2.05, 4.69) is 10.3 Å². The van der Waals surface area contributed by atoms with Crippen LogP contribution in [0.1, 0.15) is 19.3 Å². The molecule has 110 valence electrons. The first kappa shape index (κ1) is 14.1. The molecule has 0 bridgehead atoms. The van der Waals surface area contributed by atoms with Crippen molar-refractivity contribution in [1.82, 2.24) is 5.32 Å². The summed E-state index contributed by atoms with van der Waals surface area (Å²) < 4.78 is 0. The van der Waals surface area contributed by atoms with Crippen LogP contribution in [0.3, 0.4) is 0 Å². The Morgan fingerprint density at radius 2 is 2.10 bits per heavy atom. The average molecular weight is 303 g/mol. The minimum absolute atomic E-state index is 0.0680. The molecule has 5 nitrogen and oxygen atoms in total. The molecule has 0 spiro atoms. The van der Waals surface area contributed by atoms with Crippen molar-refractivity contribution in [3.63, 3.8) is 0 Å². The van der Waals surface area contributed by atoms with Gasteiger partial charge in [-0.3, -0.25) is 14.6 Å². The first-order chi connectivity index (χ1) is 10.1. The van der Waals surface area contributed by atoms with Gasteiger partial charge in [-0.15, -0.1) is 0 Å². The van der Waals surface area contributed by atoms with Gasteiger partial charge in [0.1, 0.15) is 5.25 Å². The smallest absolute Gasteiger partial charge is 0.240 e. The zero-order valence-electron chi connectivity index (χ0n) is 11.8. The molecule has 1 saturated heterocycles. The molecule has 1 aliphatic carbocycles. The molecule has 2 amide bonds.